The molecule has 0 atom stereocenters. The van der Waals surface area contributed by atoms with E-state index in [0.29, 0.717) is 19.1 Å². The summed E-state index contributed by atoms with van der Waals surface area (Å²) < 4.78 is 5.31. The van der Waals surface area contributed by atoms with Crippen molar-refractivity contribution in [2.75, 3.05) is 19.7 Å². The molecule has 100 valence electrons. The Bertz CT molecular complexity index is 242. The second kappa shape index (κ2) is 6.36. The van der Waals surface area contributed by atoms with Crippen molar-refractivity contribution in [3.05, 3.63) is 0 Å². The van der Waals surface area contributed by atoms with Crippen LogP contribution in [0.25, 0.3) is 0 Å². The highest BCUT2D eigenvalue weighted by molar-refractivity contribution is 5.72. The van der Waals surface area contributed by atoms with Crippen LogP contribution in [-0.4, -0.2) is 47.3 Å². The van der Waals surface area contributed by atoms with Crippen molar-refractivity contribution in [3.8, 4) is 0 Å². The normalized spacial score (nSPS) is 17.7. The maximum absolute atomic E-state index is 11.8. The predicted octanol–water partition coefficient (Wildman–Crippen LogP) is 1.56. The molecule has 4 heteroatoms. The second-order valence-electron chi connectivity index (χ2n) is 5.72. The lowest BCUT2D eigenvalue weighted by Crippen LogP contribution is -2.41. The summed E-state index contributed by atoms with van der Waals surface area (Å²) in [6.45, 7) is 6.57. The van der Waals surface area contributed by atoms with Crippen molar-refractivity contribution >= 4 is 5.97 Å². The summed E-state index contributed by atoms with van der Waals surface area (Å²) in [5, 5.41) is 9.05. The zero-order valence-corrected chi connectivity index (χ0v) is 11.2. The fourth-order valence-electron chi connectivity index (χ4n) is 2.33. The molecule has 1 rings (SSSR count). The van der Waals surface area contributed by atoms with Gasteiger partial charge in [0.15, 0.2) is 0 Å². The molecule has 0 aromatic heterocycles. The minimum atomic E-state index is -0.433. The van der Waals surface area contributed by atoms with Gasteiger partial charge in [-0.15, -0.1) is 0 Å². The SMILES string of the molecule is CC(C)(C)OC(=O)CN(CCO)C1CCCC1. The van der Waals surface area contributed by atoms with Crippen LogP contribution in [0.3, 0.4) is 0 Å². The van der Waals surface area contributed by atoms with Gasteiger partial charge >= 0.3 is 5.97 Å². The standard InChI is InChI=1S/C13H25NO3/c1-13(2,3)17-12(16)10-14(8-9-15)11-6-4-5-7-11/h11,15H,4-10H2,1-3H3. The summed E-state index contributed by atoms with van der Waals surface area (Å²) in [6, 6.07) is 0.440. The van der Waals surface area contributed by atoms with Crippen LogP contribution in [0.5, 0.6) is 0 Å². The zero-order chi connectivity index (χ0) is 12.9. The molecule has 0 aromatic carbocycles. The van der Waals surface area contributed by atoms with Gasteiger partial charge in [-0.2, -0.15) is 0 Å². The van der Waals surface area contributed by atoms with Crippen LogP contribution in [0, 0.1) is 0 Å². The number of carbonyl (C=O) groups is 1. The van der Waals surface area contributed by atoms with E-state index in [9.17, 15) is 4.79 Å². The Morgan fingerprint density at radius 1 is 1.35 bits per heavy atom. The van der Waals surface area contributed by atoms with Crippen molar-refractivity contribution in [2.24, 2.45) is 0 Å². The number of aliphatic hydroxyl groups excluding tert-OH is 1. The minimum absolute atomic E-state index is 0.0965. The molecular formula is C13H25NO3. The number of aliphatic hydroxyl groups is 1. The topological polar surface area (TPSA) is 49.8 Å². The lowest BCUT2D eigenvalue weighted by molar-refractivity contribution is -0.156. The quantitative estimate of drug-likeness (QED) is 0.745. The van der Waals surface area contributed by atoms with Gasteiger partial charge in [0.2, 0.25) is 0 Å². The van der Waals surface area contributed by atoms with Gasteiger partial charge in [0.1, 0.15) is 5.60 Å². The number of nitrogens with zero attached hydrogens (tertiary/aromatic N) is 1. The molecule has 1 saturated carbocycles. The third kappa shape index (κ3) is 5.50. The van der Waals surface area contributed by atoms with Gasteiger partial charge in [0.25, 0.3) is 0 Å². The summed E-state index contributed by atoms with van der Waals surface area (Å²) in [6.07, 6.45) is 4.70. The van der Waals surface area contributed by atoms with E-state index >= 15 is 0 Å². The van der Waals surface area contributed by atoms with E-state index in [4.69, 9.17) is 9.84 Å². The van der Waals surface area contributed by atoms with E-state index in [1.807, 2.05) is 20.8 Å². The van der Waals surface area contributed by atoms with Crippen LogP contribution in [0.4, 0.5) is 0 Å². The molecule has 0 bridgehead atoms. The number of ether oxygens (including phenoxy) is 1. The molecule has 0 spiro atoms. The van der Waals surface area contributed by atoms with Crippen LogP contribution in [-0.2, 0) is 9.53 Å². The fraction of sp³-hybridized carbons (Fsp3) is 0.923. The van der Waals surface area contributed by atoms with Crippen molar-refractivity contribution < 1.29 is 14.6 Å². The molecule has 0 aliphatic heterocycles. The van der Waals surface area contributed by atoms with Gasteiger partial charge in [0, 0.05) is 12.6 Å². The highest BCUT2D eigenvalue weighted by atomic mass is 16.6. The maximum Gasteiger partial charge on any atom is 0.320 e. The molecule has 0 aromatic rings. The molecule has 4 nitrogen and oxygen atoms in total. The summed E-state index contributed by atoms with van der Waals surface area (Å²) in [5.41, 5.74) is -0.433. The van der Waals surface area contributed by atoms with Crippen LogP contribution in [0.1, 0.15) is 46.5 Å². The van der Waals surface area contributed by atoms with Crippen LogP contribution in [0.15, 0.2) is 0 Å². The van der Waals surface area contributed by atoms with Crippen LogP contribution >= 0.6 is 0 Å². The third-order valence-electron chi connectivity index (χ3n) is 2.98. The lowest BCUT2D eigenvalue weighted by Gasteiger charge is -2.28. The summed E-state index contributed by atoms with van der Waals surface area (Å²) >= 11 is 0. The monoisotopic (exact) mass is 243 g/mol. The molecular weight excluding hydrogens is 218 g/mol. The molecule has 0 amide bonds. The minimum Gasteiger partial charge on any atom is -0.459 e. The highest BCUT2D eigenvalue weighted by Gasteiger charge is 2.26. The highest BCUT2D eigenvalue weighted by Crippen LogP contribution is 2.23. The van der Waals surface area contributed by atoms with Crippen molar-refractivity contribution in [2.45, 2.75) is 58.1 Å². The Hall–Kier alpha value is -0.610. The molecule has 1 fully saturated rings. The van der Waals surface area contributed by atoms with Crippen molar-refractivity contribution in [3.63, 3.8) is 0 Å². The van der Waals surface area contributed by atoms with Gasteiger partial charge in [-0.1, -0.05) is 12.8 Å². The number of hydrogen-bond donors (Lipinski definition) is 1. The average molecular weight is 243 g/mol. The summed E-state index contributed by atoms with van der Waals surface area (Å²) in [5.74, 6) is -0.196. The Morgan fingerprint density at radius 2 is 1.94 bits per heavy atom. The van der Waals surface area contributed by atoms with E-state index in [1.165, 1.54) is 12.8 Å². The van der Waals surface area contributed by atoms with E-state index in [1.54, 1.807) is 0 Å². The first kappa shape index (κ1) is 14.5. The summed E-state index contributed by atoms with van der Waals surface area (Å²) in [7, 11) is 0. The summed E-state index contributed by atoms with van der Waals surface area (Å²) in [4.78, 5) is 13.8. The fourth-order valence-corrected chi connectivity index (χ4v) is 2.33. The van der Waals surface area contributed by atoms with Gasteiger partial charge in [0.05, 0.1) is 13.2 Å². The van der Waals surface area contributed by atoms with Gasteiger partial charge < -0.3 is 9.84 Å². The molecule has 1 aliphatic carbocycles. The smallest absolute Gasteiger partial charge is 0.320 e. The van der Waals surface area contributed by atoms with E-state index in [-0.39, 0.29) is 12.6 Å². The Kier molecular flexibility index (Phi) is 5.40. The first-order valence-corrected chi connectivity index (χ1v) is 6.49. The molecule has 0 heterocycles. The molecule has 0 saturated heterocycles. The average Bonchev–Trinajstić information content (AvgIpc) is 2.66. The molecule has 1 aliphatic rings. The molecule has 0 radical (unpaired) electrons. The first-order valence-electron chi connectivity index (χ1n) is 6.49. The second-order valence-corrected chi connectivity index (χ2v) is 5.72. The van der Waals surface area contributed by atoms with E-state index < -0.39 is 5.60 Å². The molecule has 1 N–H and O–H groups in total. The Balaban J connectivity index is 2.45. The molecule has 17 heavy (non-hydrogen) atoms. The Labute approximate surface area is 104 Å². The van der Waals surface area contributed by atoms with Crippen molar-refractivity contribution in [1.82, 2.24) is 4.90 Å². The van der Waals surface area contributed by atoms with Crippen LogP contribution < -0.4 is 0 Å². The number of rotatable bonds is 5. The largest absolute Gasteiger partial charge is 0.459 e. The van der Waals surface area contributed by atoms with Crippen LogP contribution in [0.2, 0.25) is 0 Å². The van der Waals surface area contributed by atoms with Gasteiger partial charge in [-0.3, -0.25) is 9.69 Å². The predicted molar refractivity (Wildman–Crippen MR) is 66.8 cm³/mol. The number of hydrogen-bond acceptors (Lipinski definition) is 4. The first-order chi connectivity index (χ1) is 7.92. The van der Waals surface area contributed by atoms with E-state index in [2.05, 4.69) is 4.90 Å². The van der Waals surface area contributed by atoms with Gasteiger partial charge in [-0.25, -0.2) is 0 Å². The third-order valence-corrected chi connectivity index (χ3v) is 2.98. The van der Waals surface area contributed by atoms with Gasteiger partial charge in [-0.05, 0) is 33.6 Å². The Morgan fingerprint density at radius 3 is 2.41 bits per heavy atom. The number of esters is 1. The maximum atomic E-state index is 11.8. The number of carbonyl (C=O) groups excluding carboxylic acids is 1. The van der Waals surface area contributed by atoms with Crippen molar-refractivity contribution in [1.29, 1.82) is 0 Å². The molecule has 0 unspecified atom stereocenters. The zero-order valence-electron chi connectivity index (χ0n) is 11.2. The van der Waals surface area contributed by atoms with E-state index in [0.717, 1.165) is 12.8 Å². The lowest BCUT2D eigenvalue weighted by atomic mass is 10.2.